The summed E-state index contributed by atoms with van der Waals surface area (Å²) >= 11 is 0. The Labute approximate surface area is 114 Å². The number of hydrogen-bond acceptors (Lipinski definition) is 2. The molecule has 18 heavy (non-hydrogen) atoms. The first kappa shape index (κ1) is 14.3. The molecule has 0 aromatic heterocycles. The van der Waals surface area contributed by atoms with Crippen LogP contribution in [0.15, 0.2) is 0 Å². The van der Waals surface area contributed by atoms with Crippen LogP contribution in [0.25, 0.3) is 0 Å². The van der Waals surface area contributed by atoms with E-state index < -0.39 is 0 Å². The smallest absolute Gasteiger partial charge is 0.0107 e. The molecular formula is C16H32N2. The summed E-state index contributed by atoms with van der Waals surface area (Å²) in [5.74, 6) is 1.80. The highest BCUT2D eigenvalue weighted by Gasteiger charge is 2.36. The quantitative estimate of drug-likeness (QED) is 0.827. The van der Waals surface area contributed by atoms with Gasteiger partial charge in [0.1, 0.15) is 0 Å². The average molecular weight is 252 g/mol. The van der Waals surface area contributed by atoms with Gasteiger partial charge in [0.15, 0.2) is 0 Å². The normalized spacial score (nSPS) is 34.0. The van der Waals surface area contributed by atoms with Crippen LogP contribution in [0.3, 0.4) is 0 Å². The van der Waals surface area contributed by atoms with Crippen molar-refractivity contribution in [1.82, 2.24) is 10.2 Å². The summed E-state index contributed by atoms with van der Waals surface area (Å²) in [4.78, 5) is 2.64. The molecule has 0 spiro atoms. The number of likely N-dealkylation sites (tertiary alicyclic amines) is 1. The van der Waals surface area contributed by atoms with E-state index in [2.05, 4.69) is 37.9 Å². The second-order valence-corrected chi connectivity index (χ2v) is 7.63. The molecule has 1 saturated carbocycles. The Bertz CT molecular complexity index is 254. The first-order valence-corrected chi connectivity index (χ1v) is 7.92. The highest BCUT2D eigenvalue weighted by Crippen LogP contribution is 2.40. The van der Waals surface area contributed by atoms with Gasteiger partial charge in [-0.2, -0.15) is 0 Å². The second kappa shape index (κ2) is 5.92. The molecule has 1 N–H and O–H groups in total. The summed E-state index contributed by atoms with van der Waals surface area (Å²) in [6.45, 7) is 14.7. The Morgan fingerprint density at radius 1 is 1.11 bits per heavy atom. The molecule has 1 saturated heterocycles. The molecule has 0 amide bonds. The summed E-state index contributed by atoms with van der Waals surface area (Å²) in [5, 5.41) is 3.80. The summed E-state index contributed by atoms with van der Waals surface area (Å²) in [6, 6.07) is 0.753. The molecule has 1 heterocycles. The Balaban J connectivity index is 1.64. The first-order chi connectivity index (χ1) is 8.46. The van der Waals surface area contributed by atoms with Crippen LogP contribution in [0.2, 0.25) is 0 Å². The minimum Gasteiger partial charge on any atom is -0.312 e. The Morgan fingerprint density at radius 2 is 1.78 bits per heavy atom. The average Bonchev–Trinajstić information content (AvgIpc) is 2.55. The molecule has 2 unspecified atom stereocenters. The van der Waals surface area contributed by atoms with E-state index in [-0.39, 0.29) is 0 Å². The third-order valence-electron chi connectivity index (χ3n) is 5.04. The van der Waals surface area contributed by atoms with Crippen molar-refractivity contribution in [1.29, 1.82) is 0 Å². The Hall–Kier alpha value is -0.0800. The third kappa shape index (κ3) is 3.96. The standard InChI is InChI=1S/C16H32N2/c1-13-5-8-18(9-6-13)10-7-17-15-12-16(3,4)11-14(15)2/h13-15,17H,5-12H2,1-4H3. The largest absolute Gasteiger partial charge is 0.312 e. The van der Waals surface area contributed by atoms with Gasteiger partial charge in [-0.15, -0.1) is 0 Å². The summed E-state index contributed by atoms with van der Waals surface area (Å²) in [7, 11) is 0. The highest BCUT2D eigenvalue weighted by atomic mass is 15.1. The van der Waals surface area contributed by atoms with Gasteiger partial charge in [-0.3, -0.25) is 0 Å². The Morgan fingerprint density at radius 3 is 2.33 bits per heavy atom. The minimum absolute atomic E-state index is 0.553. The van der Waals surface area contributed by atoms with Gasteiger partial charge in [0.25, 0.3) is 0 Å². The first-order valence-electron chi connectivity index (χ1n) is 7.92. The summed E-state index contributed by atoms with van der Waals surface area (Å²) in [6.07, 6.45) is 5.52. The van der Waals surface area contributed by atoms with E-state index in [4.69, 9.17) is 0 Å². The zero-order valence-corrected chi connectivity index (χ0v) is 12.8. The fraction of sp³-hybridized carbons (Fsp3) is 1.00. The highest BCUT2D eigenvalue weighted by molar-refractivity contribution is 4.91. The van der Waals surface area contributed by atoms with Crippen LogP contribution in [-0.2, 0) is 0 Å². The van der Waals surface area contributed by atoms with Crippen LogP contribution in [0, 0.1) is 17.3 Å². The summed E-state index contributed by atoms with van der Waals surface area (Å²) in [5.41, 5.74) is 0.553. The van der Waals surface area contributed by atoms with Gasteiger partial charge in [-0.25, -0.2) is 0 Å². The van der Waals surface area contributed by atoms with E-state index in [1.165, 1.54) is 51.9 Å². The predicted octanol–water partition coefficient (Wildman–Crippen LogP) is 3.13. The molecule has 2 rings (SSSR count). The lowest BCUT2D eigenvalue weighted by Crippen LogP contribution is -2.41. The maximum atomic E-state index is 3.80. The fourth-order valence-electron chi connectivity index (χ4n) is 3.86. The van der Waals surface area contributed by atoms with Gasteiger partial charge < -0.3 is 10.2 Å². The van der Waals surface area contributed by atoms with Gasteiger partial charge in [0.05, 0.1) is 0 Å². The van der Waals surface area contributed by atoms with Gasteiger partial charge in [0, 0.05) is 19.1 Å². The van der Waals surface area contributed by atoms with Crippen molar-refractivity contribution in [2.45, 2.75) is 59.4 Å². The maximum Gasteiger partial charge on any atom is 0.0107 e. The monoisotopic (exact) mass is 252 g/mol. The molecule has 1 aliphatic heterocycles. The van der Waals surface area contributed by atoms with Gasteiger partial charge in [-0.1, -0.05) is 27.7 Å². The Kier molecular flexibility index (Phi) is 4.71. The van der Waals surface area contributed by atoms with E-state index in [9.17, 15) is 0 Å². The molecule has 0 aromatic rings. The van der Waals surface area contributed by atoms with E-state index in [0.717, 1.165) is 17.9 Å². The fourth-order valence-corrected chi connectivity index (χ4v) is 3.86. The molecule has 1 aliphatic carbocycles. The molecule has 2 atom stereocenters. The van der Waals surface area contributed by atoms with Crippen LogP contribution in [0.1, 0.15) is 53.4 Å². The molecular weight excluding hydrogens is 220 g/mol. The SMILES string of the molecule is CC1CCN(CCNC2CC(C)(C)CC2C)CC1. The van der Waals surface area contributed by atoms with E-state index in [1.54, 1.807) is 0 Å². The molecule has 0 aromatic carbocycles. The molecule has 2 heteroatoms. The van der Waals surface area contributed by atoms with E-state index >= 15 is 0 Å². The lowest BCUT2D eigenvalue weighted by Gasteiger charge is -2.30. The predicted molar refractivity (Wildman–Crippen MR) is 78.8 cm³/mol. The molecule has 0 bridgehead atoms. The van der Waals surface area contributed by atoms with E-state index in [0.29, 0.717) is 5.41 Å². The van der Waals surface area contributed by atoms with E-state index in [1.807, 2.05) is 0 Å². The maximum absolute atomic E-state index is 3.80. The lowest BCUT2D eigenvalue weighted by molar-refractivity contribution is 0.189. The topological polar surface area (TPSA) is 15.3 Å². The van der Waals surface area contributed by atoms with Crippen molar-refractivity contribution >= 4 is 0 Å². The second-order valence-electron chi connectivity index (χ2n) is 7.63. The van der Waals surface area contributed by atoms with Crippen LogP contribution >= 0.6 is 0 Å². The minimum atomic E-state index is 0.553. The lowest BCUT2D eigenvalue weighted by atomic mass is 9.91. The van der Waals surface area contributed by atoms with Crippen molar-refractivity contribution in [3.05, 3.63) is 0 Å². The number of nitrogens with one attached hydrogen (secondary N) is 1. The molecule has 106 valence electrons. The number of piperidine rings is 1. The van der Waals surface area contributed by atoms with Crippen molar-refractivity contribution in [2.24, 2.45) is 17.3 Å². The third-order valence-corrected chi connectivity index (χ3v) is 5.04. The zero-order chi connectivity index (χ0) is 13.2. The van der Waals surface area contributed by atoms with Gasteiger partial charge in [-0.05, 0) is 56.0 Å². The molecule has 2 nitrogen and oxygen atoms in total. The zero-order valence-electron chi connectivity index (χ0n) is 12.8. The van der Waals surface area contributed by atoms with Crippen LogP contribution in [0.4, 0.5) is 0 Å². The van der Waals surface area contributed by atoms with Crippen molar-refractivity contribution < 1.29 is 0 Å². The van der Waals surface area contributed by atoms with Crippen molar-refractivity contribution in [3.63, 3.8) is 0 Å². The number of hydrogen-bond donors (Lipinski definition) is 1. The molecule has 0 radical (unpaired) electrons. The number of nitrogens with zero attached hydrogens (tertiary/aromatic N) is 1. The van der Waals surface area contributed by atoms with Gasteiger partial charge >= 0.3 is 0 Å². The van der Waals surface area contributed by atoms with Crippen LogP contribution < -0.4 is 5.32 Å². The molecule has 2 aliphatic rings. The molecule has 2 fully saturated rings. The van der Waals surface area contributed by atoms with Crippen molar-refractivity contribution in [3.8, 4) is 0 Å². The number of rotatable bonds is 4. The van der Waals surface area contributed by atoms with Gasteiger partial charge in [0.2, 0.25) is 0 Å². The van der Waals surface area contributed by atoms with Crippen LogP contribution in [-0.4, -0.2) is 37.1 Å². The van der Waals surface area contributed by atoms with Crippen LogP contribution in [0.5, 0.6) is 0 Å². The van der Waals surface area contributed by atoms with Crippen molar-refractivity contribution in [2.75, 3.05) is 26.2 Å². The summed E-state index contributed by atoms with van der Waals surface area (Å²) < 4.78 is 0.